The minimum absolute atomic E-state index is 0.312. The number of hydrogen-bond donors (Lipinski definition) is 0. The zero-order valence-electron chi connectivity index (χ0n) is 15.6. The van der Waals surface area contributed by atoms with Crippen molar-refractivity contribution in [1.82, 2.24) is 0 Å². The second-order valence-corrected chi connectivity index (χ2v) is 6.95. The summed E-state index contributed by atoms with van der Waals surface area (Å²) in [6.07, 6.45) is 4.84. The molecule has 0 amide bonds. The molecule has 26 heavy (non-hydrogen) atoms. The first-order valence-electron chi connectivity index (χ1n) is 8.56. The van der Waals surface area contributed by atoms with Crippen LogP contribution in [-0.4, -0.2) is 31.2 Å². The molecule has 1 atom stereocenters. The van der Waals surface area contributed by atoms with E-state index in [0.717, 1.165) is 17.3 Å². The number of esters is 1. The van der Waals surface area contributed by atoms with Crippen LogP contribution in [-0.2, 0) is 21.3 Å². The van der Waals surface area contributed by atoms with E-state index in [-0.39, 0.29) is 5.97 Å². The molecule has 2 aromatic carbocycles. The molecule has 0 N–H and O–H groups in total. The van der Waals surface area contributed by atoms with Gasteiger partial charge in [0.15, 0.2) is 6.10 Å². The summed E-state index contributed by atoms with van der Waals surface area (Å²) in [5.41, 5.74) is 2.34. The first kappa shape index (κ1) is 22.6. The van der Waals surface area contributed by atoms with Crippen LogP contribution < -0.4 is 4.74 Å². The zero-order valence-corrected chi connectivity index (χ0v) is 18.0. The van der Waals surface area contributed by atoms with Gasteiger partial charge in [-0.15, -0.1) is 0 Å². The van der Waals surface area contributed by atoms with Crippen LogP contribution in [0.1, 0.15) is 24.5 Å². The summed E-state index contributed by atoms with van der Waals surface area (Å²) in [7, 11) is 0. The van der Waals surface area contributed by atoms with Crippen LogP contribution in [0.15, 0.2) is 54.6 Å². The van der Waals surface area contributed by atoms with Crippen molar-refractivity contribution in [3.8, 4) is 5.75 Å². The molecule has 5 heteroatoms. The van der Waals surface area contributed by atoms with Crippen molar-refractivity contribution in [2.45, 2.75) is 31.2 Å². The van der Waals surface area contributed by atoms with E-state index in [0.29, 0.717) is 18.8 Å². The minimum Gasteiger partial charge on any atom is -0.479 e. The highest BCUT2D eigenvalue weighted by molar-refractivity contribution is 9.08. The Morgan fingerprint density at radius 1 is 1.04 bits per heavy atom. The average Bonchev–Trinajstić information content (AvgIpc) is 2.67. The monoisotopic (exact) mass is 438 g/mol. The molecule has 142 valence electrons. The van der Waals surface area contributed by atoms with Crippen LogP contribution in [0.3, 0.4) is 0 Å². The third-order valence-electron chi connectivity index (χ3n) is 3.44. The van der Waals surface area contributed by atoms with Crippen LogP contribution in [0.2, 0.25) is 0 Å². The first-order chi connectivity index (χ1) is 12.6. The molecule has 0 heterocycles. The summed E-state index contributed by atoms with van der Waals surface area (Å²) in [5, 5.41) is 0.794. The second-order valence-electron chi connectivity index (χ2n) is 5.57. The van der Waals surface area contributed by atoms with Crippen molar-refractivity contribution < 1.29 is 14.3 Å². The van der Waals surface area contributed by atoms with E-state index in [9.17, 15) is 4.79 Å². The molecule has 2 rings (SSSR count). The SMILES string of the molecule is CCOC(=O)C(CCc1ccccc1)Oc1ccc(CBr)cc1.CSC. The maximum Gasteiger partial charge on any atom is 0.347 e. The molecule has 0 saturated carbocycles. The van der Waals surface area contributed by atoms with Crippen molar-refractivity contribution >= 4 is 33.7 Å². The maximum atomic E-state index is 12.1. The molecule has 0 radical (unpaired) electrons. The molecule has 0 fully saturated rings. The Hall–Kier alpha value is -1.46. The van der Waals surface area contributed by atoms with Crippen molar-refractivity contribution in [2.24, 2.45) is 0 Å². The van der Waals surface area contributed by atoms with Gasteiger partial charge in [0.25, 0.3) is 0 Å². The van der Waals surface area contributed by atoms with Crippen LogP contribution >= 0.6 is 27.7 Å². The molecule has 0 aromatic heterocycles. The zero-order chi connectivity index (χ0) is 19.2. The Bertz CT molecular complexity index is 617. The Morgan fingerprint density at radius 2 is 1.65 bits per heavy atom. The number of aryl methyl sites for hydroxylation is 1. The van der Waals surface area contributed by atoms with Crippen LogP contribution in [0.4, 0.5) is 0 Å². The number of alkyl halides is 1. The lowest BCUT2D eigenvalue weighted by Gasteiger charge is -2.18. The fourth-order valence-electron chi connectivity index (χ4n) is 2.22. The molecule has 1 unspecified atom stereocenters. The van der Waals surface area contributed by atoms with Gasteiger partial charge in [-0.3, -0.25) is 0 Å². The summed E-state index contributed by atoms with van der Waals surface area (Å²) in [4.78, 5) is 12.1. The number of carbonyl (C=O) groups is 1. The largest absolute Gasteiger partial charge is 0.479 e. The predicted molar refractivity (Wildman–Crippen MR) is 114 cm³/mol. The highest BCUT2D eigenvalue weighted by Crippen LogP contribution is 2.18. The molecule has 0 aliphatic rings. The molecule has 0 spiro atoms. The molecular weight excluding hydrogens is 412 g/mol. The third-order valence-corrected chi connectivity index (χ3v) is 4.09. The Kier molecular flexibility index (Phi) is 11.9. The Morgan fingerprint density at radius 3 is 2.19 bits per heavy atom. The van der Waals surface area contributed by atoms with Crippen molar-refractivity contribution in [3.05, 3.63) is 65.7 Å². The highest BCUT2D eigenvalue weighted by atomic mass is 79.9. The van der Waals surface area contributed by atoms with E-state index in [2.05, 4.69) is 15.9 Å². The summed E-state index contributed by atoms with van der Waals surface area (Å²) in [5.74, 6) is 0.369. The van der Waals surface area contributed by atoms with Crippen LogP contribution in [0.25, 0.3) is 0 Å². The van der Waals surface area contributed by atoms with Gasteiger partial charge in [-0.1, -0.05) is 58.4 Å². The first-order valence-corrected chi connectivity index (χ1v) is 11.3. The van der Waals surface area contributed by atoms with Crippen molar-refractivity contribution in [3.63, 3.8) is 0 Å². The Labute approximate surface area is 169 Å². The molecule has 0 saturated heterocycles. The standard InChI is InChI=1S/C19H21BrO3.C2H6S/c1-2-22-19(21)18(13-10-15-6-4-3-5-7-15)23-17-11-8-16(14-20)9-12-17;1-3-2/h3-9,11-12,18H,2,10,13-14H2,1H3;1-2H3. The lowest BCUT2D eigenvalue weighted by molar-refractivity contribution is -0.151. The van der Waals surface area contributed by atoms with Gasteiger partial charge in [0.1, 0.15) is 5.75 Å². The van der Waals surface area contributed by atoms with Gasteiger partial charge < -0.3 is 9.47 Å². The van der Waals surface area contributed by atoms with Gasteiger partial charge in [0, 0.05) is 5.33 Å². The lowest BCUT2D eigenvalue weighted by atomic mass is 10.1. The average molecular weight is 439 g/mol. The summed E-state index contributed by atoms with van der Waals surface area (Å²) < 4.78 is 11.0. The number of benzene rings is 2. The lowest BCUT2D eigenvalue weighted by Crippen LogP contribution is -2.30. The summed E-state index contributed by atoms with van der Waals surface area (Å²) >= 11 is 5.16. The van der Waals surface area contributed by atoms with E-state index in [4.69, 9.17) is 9.47 Å². The quantitative estimate of drug-likeness (QED) is 0.402. The normalized spacial score (nSPS) is 11.1. The van der Waals surface area contributed by atoms with Gasteiger partial charge in [-0.2, -0.15) is 11.8 Å². The summed E-state index contributed by atoms with van der Waals surface area (Å²) in [6, 6.07) is 17.8. The number of halogens is 1. The number of rotatable bonds is 8. The van der Waals surface area contributed by atoms with E-state index in [1.165, 1.54) is 5.56 Å². The van der Waals surface area contributed by atoms with E-state index in [1.54, 1.807) is 18.7 Å². The molecule has 0 bridgehead atoms. The predicted octanol–water partition coefficient (Wildman–Crippen LogP) is 5.50. The minimum atomic E-state index is -0.593. The van der Waals surface area contributed by atoms with E-state index >= 15 is 0 Å². The molecule has 2 aromatic rings. The summed E-state index contributed by atoms with van der Waals surface area (Å²) in [6.45, 7) is 2.16. The fraction of sp³-hybridized carbons (Fsp3) is 0.381. The number of ether oxygens (including phenoxy) is 2. The van der Waals surface area contributed by atoms with Gasteiger partial charge in [0.2, 0.25) is 0 Å². The van der Waals surface area contributed by atoms with Gasteiger partial charge >= 0.3 is 5.97 Å². The highest BCUT2D eigenvalue weighted by Gasteiger charge is 2.21. The number of thioether (sulfide) groups is 1. The van der Waals surface area contributed by atoms with Gasteiger partial charge in [-0.05, 0) is 55.5 Å². The van der Waals surface area contributed by atoms with Gasteiger partial charge in [0.05, 0.1) is 6.61 Å². The molecule has 0 aliphatic heterocycles. The van der Waals surface area contributed by atoms with E-state index < -0.39 is 6.10 Å². The number of carbonyl (C=O) groups excluding carboxylic acids is 1. The molecule has 3 nitrogen and oxygen atoms in total. The van der Waals surface area contributed by atoms with E-state index in [1.807, 2.05) is 67.1 Å². The fourth-order valence-corrected chi connectivity index (χ4v) is 2.60. The van der Waals surface area contributed by atoms with Crippen molar-refractivity contribution in [1.29, 1.82) is 0 Å². The van der Waals surface area contributed by atoms with Gasteiger partial charge in [-0.25, -0.2) is 4.79 Å². The van der Waals surface area contributed by atoms with Crippen LogP contribution in [0.5, 0.6) is 5.75 Å². The smallest absolute Gasteiger partial charge is 0.347 e. The van der Waals surface area contributed by atoms with Crippen molar-refractivity contribution in [2.75, 3.05) is 19.1 Å². The maximum absolute atomic E-state index is 12.1. The topological polar surface area (TPSA) is 35.5 Å². The molecule has 0 aliphatic carbocycles. The Balaban J connectivity index is 0.00000105. The number of hydrogen-bond acceptors (Lipinski definition) is 4. The molecular formula is C21H27BrO3S. The second kappa shape index (κ2) is 13.7. The van der Waals surface area contributed by atoms with Crippen LogP contribution in [0, 0.1) is 0 Å². The third kappa shape index (κ3) is 8.77.